The van der Waals surface area contributed by atoms with Gasteiger partial charge in [0.25, 0.3) is 0 Å². The van der Waals surface area contributed by atoms with Crippen molar-refractivity contribution in [3.63, 3.8) is 0 Å². The molecule has 1 unspecified atom stereocenters. The summed E-state index contributed by atoms with van der Waals surface area (Å²) in [6, 6.07) is 12.8. The molecular weight excluding hydrogens is 646 g/mol. The Morgan fingerprint density at radius 2 is 1.70 bits per heavy atom. The number of aliphatic hydroxyl groups is 1. The lowest BCUT2D eigenvalue weighted by Crippen LogP contribution is -2.21. The maximum atomic E-state index is 14.0. The zero-order valence-electron chi connectivity index (χ0n) is 24.8. The van der Waals surface area contributed by atoms with Crippen molar-refractivity contribution >= 4 is 51.5 Å². The number of ether oxygens (including phenoxy) is 1. The van der Waals surface area contributed by atoms with Crippen molar-refractivity contribution in [2.75, 3.05) is 34.5 Å². The van der Waals surface area contributed by atoms with Crippen LogP contribution in [0.3, 0.4) is 0 Å². The summed E-state index contributed by atoms with van der Waals surface area (Å²) in [6.07, 6.45) is -4.12. The summed E-state index contributed by atoms with van der Waals surface area (Å²) in [6.45, 7) is 3.24. The van der Waals surface area contributed by atoms with Gasteiger partial charge in [0.05, 0.1) is 24.5 Å². The average molecular weight is 675 g/mol. The lowest BCUT2D eigenvalue weighted by Gasteiger charge is -2.17. The lowest BCUT2D eigenvalue weighted by atomic mass is 10.1. The maximum absolute atomic E-state index is 14.0. The number of carbonyl (C=O) groups is 2. The van der Waals surface area contributed by atoms with Crippen LogP contribution in [0.1, 0.15) is 19.4 Å². The molecule has 0 bridgehead atoms. The van der Waals surface area contributed by atoms with E-state index < -0.39 is 52.0 Å². The van der Waals surface area contributed by atoms with Gasteiger partial charge in [0.1, 0.15) is 11.6 Å². The van der Waals surface area contributed by atoms with Crippen molar-refractivity contribution < 1.29 is 41.2 Å². The fourth-order valence-electron chi connectivity index (χ4n) is 3.91. The first-order chi connectivity index (χ1) is 22.4. The molecule has 0 spiro atoms. The highest BCUT2D eigenvalue weighted by molar-refractivity contribution is 7.75. The first-order valence-corrected chi connectivity index (χ1v) is 14.9. The third-order valence-electron chi connectivity index (χ3n) is 6.18. The van der Waals surface area contributed by atoms with Crippen LogP contribution in [-0.2, 0) is 25.7 Å². The number of benzene rings is 3. The minimum absolute atomic E-state index is 0.106. The van der Waals surface area contributed by atoms with E-state index in [0.29, 0.717) is 40.8 Å². The van der Waals surface area contributed by atoms with Crippen LogP contribution in [0.5, 0.6) is 0 Å². The van der Waals surface area contributed by atoms with Crippen LogP contribution in [0.25, 0.3) is 11.1 Å². The Morgan fingerprint density at radius 1 is 1.02 bits per heavy atom. The molecule has 0 aliphatic carbocycles. The average Bonchev–Trinajstić information content (AvgIpc) is 3.02. The van der Waals surface area contributed by atoms with Gasteiger partial charge in [-0.05, 0) is 61.9 Å². The Bertz CT molecular complexity index is 1820. The zero-order valence-corrected chi connectivity index (χ0v) is 25.6. The lowest BCUT2D eigenvalue weighted by molar-refractivity contribution is -0.137. The second kappa shape index (κ2) is 15.3. The van der Waals surface area contributed by atoms with Gasteiger partial charge in [-0.15, -0.1) is 10.6 Å². The Balaban J connectivity index is 1.49. The summed E-state index contributed by atoms with van der Waals surface area (Å²) >= 11 is 0. The molecule has 3 aromatic carbocycles. The van der Waals surface area contributed by atoms with Gasteiger partial charge in [-0.2, -0.15) is 18.2 Å². The topological polar surface area (TPSA) is 167 Å². The molecule has 5 N–H and O–H groups in total. The Hall–Kier alpha value is -5.29. The maximum Gasteiger partial charge on any atom is 0.416 e. The molecule has 0 aliphatic rings. The molecule has 0 saturated heterocycles. The largest absolute Gasteiger partial charge is 0.450 e. The number of rotatable bonds is 10. The summed E-state index contributed by atoms with van der Waals surface area (Å²) < 4.78 is 73.4. The summed E-state index contributed by atoms with van der Waals surface area (Å²) in [5, 5.41) is 20.2. The molecule has 1 aromatic heterocycles. The Morgan fingerprint density at radius 3 is 2.34 bits per heavy atom. The van der Waals surface area contributed by atoms with E-state index in [1.807, 2.05) is 0 Å². The predicted molar refractivity (Wildman–Crippen MR) is 167 cm³/mol. The van der Waals surface area contributed by atoms with E-state index in [2.05, 4.69) is 40.3 Å². The van der Waals surface area contributed by atoms with E-state index in [1.165, 1.54) is 30.5 Å². The molecule has 12 nitrogen and oxygen atoms in total. The van der Waals surface area contributed by atoms with Crippen LogP contribution in [0.2, 0.25) is 0 Å². The summed E-state index contributed by atoms with van der Waals surface area (Å²) in [4.78, 5) is 33.0. The third kappa shape index (κ3) is 9.60. The van der Waals surface area contributed by atoms with Gasteiger partial charge in [-0.1, -0.05) is 29.2 Å². The fraction of sp³-hybridized carbons (Fsp3) is 0.200. The van der Waals surface area contributed by atoms with Crippen molar-refractivity contribution in [3.8, 4) is 11.1 Å². The SMILES string of the molecule is CCOC(=O)N=[S-](=O)c1ccc(Nc2ncc(-c3ccc(NC(=O)Nc4cc(C(F)(F)F)ccc4F)cc3)c(NC(C)CO)n2)cc1. The summed E-state index contributed by atoms with van der Waals surface area (Å²) in [5.41, 5.74) is 0.186. The number of nitrogens with zero attached hydrogens (tertiary/aromatic N) is 3. The first kappa shape index (κ1) is 34.6. The summed E-state index contributed by atoms with van der Waals surface area (Å²) in [7, 11) is -1.95. The number of hydrogen-bond donors (Lipinski definition) is 5. The fourth-order valence-corrected chi connectivity index (χ4v) is 4.57. The molecule has 1 heterocycles. The Kier molecular flexibility index (Phi) is 11.3. The molecule has 4 aromatic rings. The van der Waals surface area contributed by atoms with E-state index in [4.69, 9.17) is 0 Å². The van der Waals surface area contributed by atoms with Gasteiger partial charge in [0.15, 0.2) is 0 Å². The number of urea groups is 1. The molecule has 1 atom stereocenters. The molecule has 248 valence electrons. The number of amides is 3. The van der Waals surface area contributed by atoms with Crippen LogP contribution >= 0.6 is 0 Å². The van der Waals surface area contributed by atoms with Crippen LogP contribution in [0.15, 0.2) is 82.2 Å². The third-order valence-corrected chi connectivity index (χ3v) is 7.17. The highest BCUT2D eigenvalue weighted by Crippen LogP contribution is 2.32. The standard InChI is InChI=1S/C30H28F4N7O5S/c1-3-46-29(44)41-47(45)22-11-9-20(10-12-22)37-27-35-15-23(26(40-27)36-17(2)16-42)18-4-7-21(8-5-18)38-28(43)39-25-14-19(30(32,33)34)6-13-24(25)31/h4-15,17,42H,3,16H2,1-2H3,(H2,38,39,43)(H2,35,36,37,40)/q-1. The molecule has 4 rings (SSSR count). The molecule has 0 fully saturated rings. The minimum atomic E-state index is -4.71. The van der Waals surface area contributed by atoms with E-state index in [9.17, 15) is 36.5 Å². The first-order valence-electron chi connectivity index (χ1n) is 13.8. The molecule has 0 aliphatic heterocycles. The second-order valence-electron chi connectivity index (χ2n) is 9.72. The van der Waals surface area contributed by atoms with E-state index in [0.717, 1.165) is 0 Å². The van der Waals surface area contributed by atoms with E-state index in [-0.39, 0.29) is 29.7 Å². The molecule has 47 heavy (non-hydrogen) atoms. The highest BCUT2D eigenvalue weighted by atomic mass is 32.2. The van der Waals surface area contributed by atoms with Gasteiger partial charge in [0.2, 0.25) is 5.95 Å². The van der Waals surface area contributed by atoms with Crippen molar-refractivity contribution in [2.24, 2.45) is 4.36 Å². The van der Waals surface area contributed by atoms with Crippen molar-refractivity contribution in [1.82, 2.24) is 9.97 Å². The smallest absolute Gasteiger partial charge is 0.416 e. The zero-order chi connectivity index (χ0) is 34.1. The number of aliphatic hydroxyl groups excluding tert-OH is 1. The second-order valence-corrected chi connectivity index (χ2v) is 10.9. The highest BCUT2D eigenvalue weighted by Gasteiger charge is 2.31. The van der Waals surface area contributed by atoms with Crippen LogP contribution in [-0.4, -0.2) is 46.5 Å². The molecule has 17 heteroatoms. The number of anilines is 5. The van der Waals surface area contributed by atoms with Gasteiger partial charge in [-0.25, -0.2) is 19.0 Å². The van der Waals surface area contributed by atoms with Gasteiger partial charge < -0.3 is 35.3 Å². The number of hydrogen-bond acceptors (Lipinski definition) is 10. The van der Waals surface area contributed by atoms with Crippen LogP contribution in [0.4, 0.5) is 56.0 Å². The molecule has 0 saturated carbocycles. The minimum Gasteiger partial charge on any atom is -0.450 e. The van der Waals surface area contributed by atoms with Gasteiger partial charge in [-0.3, -0.25) is 4.36 Å². The normalized spacial score (nSPS) is 12.6. The number of nitrogens with one attached hydrogen (secondary N) is 4. The molecule has 3 amide bonds. The van der Waals surface area contributed by atoms with Gasteiger partial charge >= 0.3 is 18.3 Å². The van der Waals surface area contributed by atoms with E-state index in [1.54, 1.807) is 38.1 Å². The quantitative estimate of drug-likeness (QED) is 0.0867. The predicted octanol–water partition coefficient (Wildman–Crippen LogP) is 7.14. The summed E-state index contributed by atoms with van der Waals surface area (Å²) in [5.74, 6) is -0.495. The monoisotopic (exact) mass is 674 g/mol. The van der Waals surface area contributed by atoms with Crippen molar-refractivity contribution in [2.45, 2.75) is 31.0 Å². The number of carbonyl (C=O) groups excluding carboxylic acids is 2. The number of halogens is 4. The van der Waals surface area contributed by atoms with Crippen molar-refractivity contribution in [3.05, 3.63) is 84.3 Å². The van der Waals surface area contributed by atoms with E-state index >= 15 is 0 Å². The van der Waals surface area contributed by atoms with Crippen LogP contribution < -0.4 is 21.3 Å². The molecule has 0 radical (unpaired) electrons. The van der Waals surface area contributed by atoms with Crippen LogP contribution in [0, 0.1) is 5.82 Å². The van der Waals surface area contributed by atoms with Gasteiger partial charge in [0, 0.05) is 29.2 Å². The number of alkyl halides is 3. The van der Waals surface area contributed by atoms with Crippen molar-refractivity contribution in [1.29, 1.82) is 0 Å². The Labute approximate surface area is 267 Å². The molecular formula is C30H28F4N7O5S-. The number of aromatic nitrogens is 2.